The maximum Gasteiger partial charge on any atom is 0.417 e. The van der Waals surface area contributed by atoms with Gasteiger partial charge >= 0.3 is 5.76 Å². The van der Waals surface area contributed by atoms with Gasteiger partial charge in [0, 0.05) is 16.7 Å². The van der Waals surface area contributed by atoms with Crippen LogP contribution in [0.2, 0.25) is 0 Å². The molecule has 2 aromatic heterocycles. The summed E-state index contributed by atoms with van der Waals surface area (Å²) in [6.45, 7) is 2.83. The fraction of sp³-hybridized carbons (Fsp3) is 0.231. The highest BCUT2D eigenvalue weighted by molar-refractivity contribution is 5.97. The third-order valence-electron chi connectivity index (χ3n) is 6.56. The second kappa shape index (κ2) is 8.56. The number of ether oxygens (including phenoxy) is 1. The van der Waals surface area contributed by atoms with Crippen molar-refractivity contribution >= 4 is 22.9 Å². The number of hydrogen-bond acceptors (Lipinski definition) is 7. The van der Waals surface area contributed by atoms with Crippen molar-refractivity contribution < 1.29 is 28.2 Å². The number of oxazole rings is 1. The lowest BCUT2D eigenvalue weighted by Crippen LogP contribution is -2.41. The van der Waals surface area contributed by atoms with Gasteiger partial charge in [0.2, 0.25) is 5.91 Å². The normalized spacial score (nSPS) is 18.2. The lowest BCUT2D eigenvalue weighted by atomic mass is 9.82. The number of halogens is 1. The zero-order valence-corrected chi connectivity index (χ0v) is 19.9. The smallest absolute Gasteiger partial charge is 0.417 e. The molecule has 0 fully saturated rings. The number of rotatable bonds is 6. The van der Waals surface area contributed by atoms with Crippen molar-refractivity contribution in [1.82, 2.24) is 15.3 Å². The van der Waals surface area contributed by atoms with Crippen LogP contribution in [0.25, 0.3) is 22.4 Å². The van der Waals surface area contributed by atoms with Gasteiger partial charge in [-0.1, -0.05) is 0 Å². The van der Waals surface area contributed by atoms with Gasteiger partial charge in [-0.3, -0.25) is 14.6 Å². The van der Waals surface area contributed by atoms with Crippen molar-refractivity contribution in [2.75, 3.05) is 13.2 Å². The molecule has 0 unspecified atom stereocenters. The van der Waals surface area contributed by atoms with Crippen LogP contribution in [0.15, 0.2) is 57.7 Å². The first kappa shape index (κ1) is 24.2. The van der Waals surface area contributed by atoms with Crippen LogP contribution in [-0.2, 0) is 15.8 Å². The molecule has 0 saturated carbocycles. The highest BCUT2D eigenvalue weighted by atomic mass is 19.1. The molecule has 5 N–H and O–H groups in total. The number of hydrogen-bond donors (Lipinski definition) is 4. The Morgan fingerprint density at radius 3 is 2.68 bits per heavy atom. The van der Waals surface area contributed by atoms with Crippen LogP contribution in [0.1, 0.15) is 35.5 Å². The number of carbonyl (C=O) groups is 2. The highest BCUT2D eigenvalue weighted by Gasteiger charge is 2.45. The lowest BCUT2D eigenvalue weighted by molar-refractivity contribution is -0.123. The van der Waals surface area contributed by atoms with Crippen LogP contribution in [0, 0.1) is 5.82 Å². The molecule has 0 aliphatic carbocycles. The summed E-state index contributed by atoms with van der Waals surface area (Å²) in [5, 5.41) is 14.0. The molecule has 5 rings (SSSR count). The van der Waals surface area contributed by atoms with Gasteiger partial charge in [-0.05, 0) is 62.4 Å². The molecule has 1 aliphatic rings. The second-order valence-corrected chi connectivity index (χ2v) is 9.41. The number of nitrogens with two attached hydrogens (primary N) is 1. The lowest BCUT2D eigenvalue weighted by Gasteiger charge is -2.26. The molecule has 2 aromatic carbocycles. The molecule has 2 amide bonds. The van der Waals surface area contributed by atoms with E-state index in [0.717, 1.165) is 0 Å². The summed E-state index contributed by atoms with van der Waals surface area (Å²) in [4.78, 5) is 43.6. The molecule has 190 valence electrons. The standard InChI is InChI=1S/C26H23FN4O6/c1-25(23(28)33)12-36-21-16(25)10-19(31-20(21)13-3-6-15(27)7-4-13)26(2,35)11-29-22(32)14-5-8-18-17(9-14)30-24(34)37-18/h3-10,35H,11-12H2,1-2H3,(H2,28,33)(H,29,32)(H,30,34)/t25-,26-/m0/s1. The predicted octanol–water partition coefficient (Wildman–Crippen LogP) is 2.10. The molecule has 0 spiro atoms. The van der Waals surface area contributed by atoms with Crippen molar-refractivity contribution in [2.24, 2.45) is 5.73 Å². The Morgan fingerprint density at radius 2 is 1.97 bits per heavy atom. The monoisotopic (exact) mass is 506 g/mol. The van der Waals surface area contributed by atoms with E-state index in [-0.39, 0.29) is 24.4 Å². The Kier molecular flexibility index (Phi) is 5.60. The number of benzene rings is 2. The molecule has 37 heavy (non-hydrogen) atoms. The Morgan fingerprint density at radius 1 is 1.24 bits per heavy atom. The first-order valence-electron chi connectivity index (χ1n) is 11.4. The topological polar surface area (TPSA) is 161 Å². The SMILES string of the molecule is C[C@](O)(CNC(=O)c1ccc2oc(=O)[nH]c2c1)c1cc2c(c(-c3ccc(F)cc3)n1)OC[C@]2(C)C(N)=O. The van der Waals surface area contributed by atoms with Gasteiger partial charge in [0.15, 0.2) is 5.58 Å². The second-order valence-electron chi connectivity index (χ2n) is 9.41. The Hall–Kier alpha value is -4.51. The zero-order chi connectivity index (χ0) is 26.5. The summed E-state index contributed by atoms with van der Waals surface area (Å²) in [7, 11) is 0. The first-order valence-corrected chi connectivity index (χ1v) is 11.4. The molecule has 4 aromatic rings. The van der Waals surface area contributed by atoms with Gasteiger partial charge in [-0.2, -0.15) is 0 Å². The summed E-state index contributed by atoms with van der Waals surface area (Å²) in [6, 6.07) is 11.5. The minimum absolute atomic E-state index is 0.0194. The molecule has 2 atom stereocenters. The summed E-state index contributed by atoms with van der Waals surface area (Å²) in [5.41, 5.74) is 5.12. The molecule has 0 radical (unpaired) electrons. The highest BCUT2D eigenvalue weighted by Crippen LogP contribution is 2.45. The number of aromatic nitrogens is 2. The van der Waals surface area contributed by atoms with Crippen LogP contribution in [0.3, 0.4) is 0 Å². The van der Waals surface area contributed by atoms with Crippen molar-refractivity contribution in [3.05, 3.63) is 81.7 Å². The van der Waals surface area contributed by atoms with Crippen molar-refractivity contribution in [2.45, 2.75) is 24.9 Å². The van der Waals surface area contributed by atoms with Crippen molar-refractivity contribution in [3.63, 3.8) is 0 Å². The van der Waals surface area contributed by atoms with Crippen LogP contribution >= 0.6 is 0 Å². The van der Waals surface area contributed by atoms with Gasteiger partial charge in [0.25, 0.3) is 5.91 Å². The molecular formula is C26H23FN4O6. The summed E-state index contributed by atoms with van der Waals surface area (Å²) >= 11 is 0. The Balaban J connectivity index is 1.49. The Labute approximate surface area is 209 Å². The van der Waals surface area contributed by atoms with E-state index < -0.39 is 34.4 Å². The van der Waals surface area contributed by atoms with Gasteiger partial charge in [0.05, 0.1) is 17.8 Å². The summed E-state index contributed by atoms with van der Waals surface area (Å²) in [6.07, 6.45) is 0. The van der Waals surface area contributed by atoms with Crippen LogP contribution < -0.4 is 21.5 Å². The molecule has 3 heterocycles. The van der Waals surface area contributed by atoms with Gasteiger partial charge < -0.3 is 25.3 Å². The number of nitrogens with zero attached hydrogens (tertiary/aromatic N) is 1. The van der Waals surface area contributed by atoms with Crippen LogP contribution in [0.5, 0.6) is 5.75 Å². The minimum Gasteiger partial charge on any atom is -0.489 e. The van der Waals surface area contributed by atoms with Crippen molar-refractivity contribution in [3.8, 4) is 17.0 Å². The fourth-order valence-electron chi connectivity index (χ4n) is 4.20. The van der Waals surface area contributed by atoms with E-state index >= 15 is 0 Å². The van der Waals surface area contributed by atoms with E-state index in [1.807, 2.05) is 0 Å². The number of pyridine rings is 1. The van der Waals surface area contributed by atoms with Gasteiger partial charge in [-0.15, -0.1) is 0 Å². The maximum absolute atomic E-state index is 13.6. The third kappa shape index (κ3) is 4.23. The van der Waals surface area contributed by atoms with Gasteiger partial charge in [-0.25, -0.2) is 14.2 Å². The molecule has 10 nitrogen and oxygen atoms in total. The number of aliphatic hydroxyl groups is 1. The first-order chi connectivity index (χ1) is 17.5. The number of primary amides is 1. The Bertz CT molecular complexity index is 1610. The molecule has 0 saturated heterocycles. The van der Waals surface area contributed by atoms with E-state index in [0.29, 0.717) is 33.7 Å². The van der Waals surface area contributed by atoms with Crippen molar-refractivity contribution in [1.29, 1.82) is 0 Å². The zero-order valence-electron chi connectivity index (χ0n) is 19.9. The van der Waals surface area contributed by atoms with Crippen LogP contribution in [-0.4, -0.2) is 40.0 Å². The minimum atomic E-state index is -1.69. The summed E-state index contributed by atoms with van der Waals surface area (Å²) in [5.74, 6) is -1.88. The van der Waals surface area contributed by atoms with E-state index in [1.165, 1.54) is 55.5 Å². The molecule has 11 heteroatoms. The largest absolute Gasteiger partial charge is 0.489 e. The average molecular weight is 506 g/mol. The number of amides is 2. The van der Waals surface area contributed by atoms with E-state index in [2.05, 4.69) is 15.3 Å². The molecule has 0 bridgehead atoms. The summed E-state index contributed by atoms with van der Waals surface area (Å²) < 4.78 is 24.3. The van der Waals surface area contributed by atoms with E-state index in [9.17, 15) is 23.9 Å². The third-order valence-corrected chi connectivity index (χ3v) is 6.56. The van der Waals surface area contributed by atoms with Crippen LogP contribution in [0.4, 0.5) is 4.39 Å². The van der Waals surface area contributed by atoms with E-state index in [1.54, 1.807) is 6.92 Å². The number of H-pyrrole nitrogens is 1. The fourth-order valence-corrected chi connectivity index (χ4v) is 4.20. The number of fused-ring (bicyclic) bond motifs is 2. The number of carbonyl (C=O) groups excluding carboxylic acids is 2. The predicted molar refractivity (Wildman–Crippen MR) is 130 cm³/mol. The maximum atomic E-state index is 13.6. The molecule has 1 aliphatic heterocycles. The number of aromatic amines is 1. The molecular weight excluding hydrogens is 483 g/mol. The number of nitrogens with one attached hydrogen (secondary N) is 2. The quantitative estimate of drug-likeness (QED) is 0.311. The average Bonchev–Trinajstić information content (AvgIpc) is 3.41. The van der Waals surface area contributed by atoms with Gasteiger partial charge in [0.1, 0.15) is 34.9 Å². The van der Waals surface area contributed by atoms with E-state index in [4.69, 9.17) is 14.9 Å².